The van der Waals surface area contributed by atoms with E-state index in [2.05, 4.69) is 0 Å². The minimum atomic E-state index is -0.891. The van der Waals surface area contributed by atoms with E-state index in [0.29, 0.717) is 5.69 Å². The molecule has 15 heavy (non-hydrogen) atoms. The van der Waals surface area contributed by atoms with Gasteiger partial charge in [-0.3, -0.25) is 9.69 Å². The Morgan fingerprint density at radius 2 is 1.93 bits per heavy atom. The quantitative estimate of drug-likeness (QED) is 0.734. The topological polar surface area (TPSA) is 60.8 Å². The third-order valence-corrected chi connectivity index (χ3v) is 2.31. The minimum Gasteiger partial charge on any atom is -0.392 e. The molecule has 1 aromatic rings. The van der Waals surface area contributed by atoms with Crippen molar-refractivity contribution in [3.63, 3.8) is 0 Å². The van der Waals surface area contributed by atoms with E-state index in [1.54, 1.807) is 24.3 Å². The van der Waals surface area contributed by atoms with Crippen molar-refractivity contribution in [1.82, 2.24) is 0 Å². The van der Waals surface area contributed by atoms with Gasteiger partial charge in [0.1, 0.15) is 0 Å². The van der Waals surface area contributed by atoms with E-state index in [1.807, 2.05) is 0 Å². The van der Waals surface area contributed by atoms with E-state index in [9.17, 15) is 9.90 Å². The van der Waals surface area contributed by atoms with Gasteiger partial charge in [0, 0.05) is 11.8 Å². The van der Waals surface area contributed by atoms with Crippen molar-refractivity contribution >= 4 is 11.6 Å². The number of anilines is 1. The summed E-state index contributed by atoms with van der Waals surface area (Å²) in [4.78, 5) is 12.6. The van der Waals surface area contributed by atoms with Gasteiger partial charge in [0.2, 0.25) is 0 Å². The standard InChI is InChI=1S/C11H11NO3/c13-7-8-1-3-9(4-2-8)12-10(14)5-6-11(12)15/h1-6,10,13-14H,7H2. The highest BCUT2D eigenvalue weighted by molar-refractivity contribution is 6.04. The van der Waals surface area contributed by atoms with E-state index in [4.69, 9.17) is 5.11 Å². The van der Waals surface area contributed by atoms with E-state index < -0.39 is 6.23 Å². The predicted octanol–water partition coefficient (Wildman–Crippen LogP) is 0.400. The maximum Gasteiger partial charge on any atom is 0.253 e. The third kappa shape index (κ3) is 1.77. The molecule has 0 saturated heterocycles. The molecule has 0 aliphatic carbocycles. The van der Waals surface area contributed by atoms with Gasteiger partial charge in [0.25, 0.3) is 5.91 Å². The SMILES string of the molecule is O=C1C=CC(O)N1c1ccc(CO)cc1. The molecular formula is C11H11NO3. The number of amides is 1. The lowest BCUT2D eigenvalue weighted by molar-refractivity contribution is -0.114. The summed E-state index contributed by atoms with van der Waals surface area (Å²) >= 11 is 0. The molecular weight excluding hydrogens is 194 g/mol. The Morgan fingerprint density at radius 3 is 2.40 bits per heavy atom. The van der Waals surface area contributed by atoms with Gasteiger partial charge < -0.3 is 10.2 Å². The van der Waals surface area contributed by atoms with Gasteiger partial charge in [-0.2, -0.15) is 0 Å². The van der Waals surface area contributed by atoms with Gasteiger partial charge >= 0.3 is 0 Å². The normalized spacial score (nSPS) is 20.0. The maximum atomic E-state index is 11.4. The molecule has 0 spiro atoms. The van der Waals surface area contributed by atoms with Crippen LogP contribution in [0.15, 0.2) is 36.4 Å². The van der Waals surface area contributed by atoms with E-state index in [0.717, 1.165) is 5.56 Å². The molecule has 1 aliphatic rings. The summed E-state index contributed by atoms with van der Waals surface area (Å²) in [5.74, 6) is -0.237. The van der Waals surface area contributed by atoms with Gasteiger partial charge in [-0.15, -0.1) is 0 Å². The van der Waals surface area contributed by atoms with Gasteiger partial charge in [0.15, 0.2) is 6.23 Å². The first-order valence-corrected chi connectivity index (χ1v) is 4.61. The maximum absolute atomic E-state index is 11.4. The van der Waals surface area contributed by atoms with Crippen molar-refractivity contribution in [3.05, 3.63) is 42.0 Å². The Morgan fingerprint density at radius 1 is 1.27 bits per heavy atom. The average Bonchev–Trinajstić information content (AvgIpc) is 2.59. The molecule has 1 atom stereocenters. The van der Waals surface area contributed by atoms with Gasteiger partial charge in [0.05, 0.1) is 6.61 Å². The van der Waals surface area contributed by atoms with Crippen molar-refractivity contribution in [2.24, 2.45) is 0 Å². The second-order valence-electron chi connectivity index (χ2n) is 3.31. The van der Waals surface area contributed by atoms with Crippen LogP contribution in [0.3, 0.4) is 0 Å². The van der Waals surface area contributed by atoms with E-state index in [1.165, 1.54) is 17.1 Å². The number of hydrogen-bond donors (Lipinski definition) is 2. The zero-order chi connectivity index (χ0) is 10.8. The summed E-state index contributed by atoms with van der Waals surface area (Å²) in [7, 11) is 0. The third-order valence-electron chi connectivity index (χ3n) is 2.31. The molecule has 1 unspecified atom stereocenters. The highest BCUT2D eigenvalue weighted by Crippen LogP contribution is 2.21. The summed E-state index contributed by atoms with van der Waals surface area (Å²) in [6.07, 6.45) is 1.88. The molecule has 0 aromatic heterocycles. The Hall–Kier alpha value is -1.65. The number of rotatable bonds is 2. The molecule has 1 amide bonds. The van der Waals surface area contributed by atoms with E-state index in [-0.39, 0.29) is 12.5 Å². The van der Waals surface area contributed by atoms with Crippen LogP contribution in [0.4, 0.5) is 5.69 Å². The highest BCUT2D eigenvalue weighted by Gasteiger charge is 2.24. The lowest BCUT2D eigenvalue weighted by Gasteiger charge is -2.20. The zero-order valence-corrected chi connectivity index (χ0v) is 8.00. The van der Waals surface area contributed by atoms with Crippen LogP contribution in [0.1, 0.15) is 5.56 Å². The summed E-state index contributed by atoms with van der Waals surface area (Å²) < 4.78 is 0. The second kappa shape index (κ2) is 3.84. The molecule has 0 bridgehead atoms. The predicted molar refractivity (Wildman–Crippen MR) is 55.0 cm³/mol. The molecule has 0 fully saturated rings. The molecule has 2 rings (SSSR count). The molecule has 4 heteroatoms. The van der Waals surface area contributed by atoms with Crippen LogP contribution in [-0.2, 0) is 11.4 Å². The lowest BCUT2D eigenvalue weighted by Crippen LogP contribution is -2.33. The van der Waals surface area contributed by atoms with Crippen molar-refractivity contribution in [2.45, 2.75) is 12.8 Å². The van der Waals surface area contributed by atoms with Crippen molar-refractivity contribution in [1.29, 1.82) is 0 Å². The number of carbonyl (C=O) groups excluding carboxylic acids is 1. The fourth-order valence-electron chi connectivity index (χ4n) is 1.51. The van der Waals surface area contributed by atoms with Crippen LogP contribution in [0.2, 0.25) is 0 Å². The van der Waals surface area contributed by atoms with Crippen molar-refractivity contribution in [3.8, 4) is 0 Å². The van der Waals surface area contributed by atoms with Crippen LogP contribution in [0, 0.1) is 0 Å². The van der Waals surface area contributed by atoms with Crippen LogP contribution in [0.25, 0.3) is 0 Å². The smallest absolute Gasteiger partial charge is 0.253 e. The highest BCUT2D eigenvalue weighted by atomic mass is 16.3. The Bertz CT molecular complexity index is 397. The van der Waals surface area contributed by atoms with Gasteiger partial charge in [-0.05, 0) is 23.8 Å². The largest absolute Gasteiger partial charge is 0.392 e. The molecule has 1 heterocycles. The van der Waals surface area contributed by atoms with Crippen LogP contribution < -0.4 is 4.90 Å². The Kier molecular flexibility index (Phi) is 2.53. The number of aliphatic hydroxyl groups excluding tert-OH is 2. The first-order valence-electron chi connectivity index (χ1n) is 4.61. The van der Waals surface area contributed by atoms with Crippen LogP contribution >= 0.6 is 0 Å². The number of aliphatic hydroxyl groups is 2. The average molecular weight is 205 g/mol. The van der Waals surface area contributed by atoms with E-state index >= 15 is 0 Å². The number of nitrogens with zero attached hydrogens (tertiary/aromatic N) is 1. The fraction of sp³-hybridized carbons (Fsp3) is 0.182. The first-order chi connectivity index (χ1) is 7.22. The summed E-state index contributed by atoms with van der Waals surface area (Å²) in [6.45, 7) is -0.0327. The minimum absolute atomic E-state index is 0.0327. The van der Waals surface area contributed by atoms with Crippen molar-refractivity contribution in [2.75, 3.05) is 4.90 Å². The first kappa shape index (κ1) is 9.89. The molecule has 0 radical (unpaired) electrons. The second-order valence-corrected chi connectivity index (χ2v) is 3.31. The Balaban J connectivity index is 2.26. The van der Waals surface area contributed by atoms with Crippen molar-refractivity contribution < 1.29 is 15.0 Å². The molecule has 2 N–H and O–H groups in total. The summed E-state index contributed by atoms with van der Waals surface area (Å²) in [6, 6.07) is 6.82. The number of hydrogen-bond acceptors (Lipinski definition) is 3. The lowest BCUT2D eigenvalue weighted by atomic mass is 10.2. The van der Waals surface area contributed by atoms with Gasteiger partial charge in [-0.1, -0.05) is 12.1 Å². The van der Waals surface area contributed by atoms with Gasteiger partial charge in [-0.25, -0.2) is 0 Å². The monoisotopic (exact) mass is 205 g/mol. The summed E-state index contributed by atoms with van der Waals surface area (Å²) in [5, 5.41) is 18.4. The Labute approximate surface area is 87.1 Å². The number of benzene rings is 1. The zero-order valence-electron chi connectivity index (χ0n) is 8.00. The fourth-order valence-corrected chi connectivity index (χ4v) is 1.51. The molecule has 1 aliphatic heterocycles. The molecule has 1 aromatic carbocycles. The molecule has 78 valence electrons. The molecule has 0 saturated carbocycles. The molecule has 4 nitrogen and oxygen atoms in total. The van der Waals surface area contributed by atoms with Crippen LogP contribution in [-0.4, -0.2) is 22.3 Å². The van der Waals surface area contributed by atoms with Crippen LogP contribution in [0.5, 0.6) is 0 Å². The summed E-state index contributed by atoms with van der Waals surface area (Å²) in [5.41, 5.74) is 1.39. The number of carbonyl (C=O) groups is 1.